The molecule has 2 heteroatoms. The highest BCUT2D eigenvalue weighted by Gasteiger charge is 2.21. The van der Waals surface area contributed by atoms with Gasteiger partial charge in [-0.25, -0.2) is 0 Å². The maximum absolute atomic E-state index is 6.81. The van der Waals surface area contributed by atoms with Crippen LogP contribution in [0.1, 0.15) is 0 Å². The summed E-state index contributed by atoms with van der Waals surface area (Å²) >= 11 is 0. The molecule has 2 nitrogen and oxygen atoms in total. The summed E-state index contributed by atoms with van der Waals surface area (Å²) in [4.78, 5) is 2.34. The van der Waals surface area contributed by atoms with Crippen molar-refractivity contribution >= 4 is 49.8 Å². The maximum atomic E-state index is 6.81. The second-order valence-corrected chi connectivity index (χ2v) is 13.7. The number of benzene rings is 9. The Kier molecular flexibility index (Phi) is 7.85. The largest absolute Gasteiger partial charge is 0.454 e. The number of rotatable bonds is 7. The molecule has 254 valence electrons. The van der Waals surface area contributed by atoms with E-state index in [4.69, 9.17) is 4.42 Å². The molecule has 0 atom stereocenters. The summed E-state index contributed by atoms with van der Waals surface area (Å²) in [6.45, 7) is 0. The third kappa shape index (κ3) is 5.62. The van der Waals surface area contributed by atoms with E-state index in [1.54, 1.807) is 0 Å². The third-order valence-electron chi connectivity index (χ3n) is 10.5. The van der Waals surface area contributed by atoms with Crippen LogP contribution in [0.5, 0.6) is 0 Å². The van der Waals surface area contributed by atoms with Crippen molar-refractivity contribution in [1.29, 1.82) is 0 Å². The van der Waals surface area contributed by atoms with Crippen molar-refractivity contribution in [2.45, 2.75) is 0 Å². The molecule has 0 saturated carbocycles. The molecule has 0 aliphatic rings. The minimum atomic E-state index is 0.851. The van der Waals surface area contributed by atoms with Gasteiger partial charge < -0.3 is 9.32 Å². The van der Waals surface area contributed by atoms with Crippen molar-refractivity contribution in [3.05, 3.63) is 212 Å². The highest BCUT2D eigenvalue weighted by molar-refractivity contribution is 6.11. The van der Waals surface area contributed by atoms with Crippen molar-refractivity contribution < 1.29 is 4.42 Å². The predicted octanol–water partition coefficient (Wildman–Crippen LogP) is 14.9. The molecule has 54 heavy (non-hydrogen) atoms. The normalized spacial score (nSPS) is 11.3. The first-order valence-corrected chi connectivity index (χ1v) is 18.4. The number of para-hydroxylation sites is 1. The molecule has 10 aromatic rings. The van der Waals surface area contributed by atoms with Crippen LogP contribution in [0.25, 0.3) is 77.2 Å². The maximum Gasteiger partial charge on any atom is 0.159 e. The molecule has 0 saturated heterocycles. The van der Waals surface area contributed by atoms with Gasteiger partial charge in [-0.1, -0.05) is 170 Å². The Morgan fingerprint density at radius 3 is 1.65 bits per heavy atom. The van der Waals surface area contributed by atoms with Crippen molar-refractivity contribution in [1.82, 2.24) is 0 Å². The quantitative estimate of drug-likeness (QED) is 0.166. The highest BCUT2D eigenvalue weighted by Crippen LogP contribution is 2.45. The van der Waals surface area contributed by atoms with E-state index in [0.717, 1.165) is 39.0 Å². The number of anilines is 3. The number of hydrogen-bond acceptors (Lipinski definition) is 2. The lowest BCUT2D eigenvalue weighted by Gasteiger charge is -2.27. The van der Waals surface area contributed by atoms with Gasteiger partial charge in [0.25, 0.3) is 0 Å². The molecular weight excluding hydrogens is 655 g/mol. The zero-order valence-electron chi connectivity index (χ0n) is 29.6. The van der Waals surface area contributed by atoms with Crippen LogP contribution in [0.3, 0.4) is 0 Å². The average molecular weight is 690 g/mol. The van der Waals surface area contributed by atoms with Crippen LogP contribution < -0.4 is 4.90 Å². The summed E-state index contributed by atoms with van der Waals surface area (Å²) in [5, 5.41) is 4.67. The van der Waals surface area contributed by atoms with Gasteiger partial charge in [-0.05, 0) is 97.7 Å². The molecule has 0 aliphatic carbocycles. The molecule has 1 aromatic heterocycles. The number of fused-ring (bicyclic) bond motifs is 4. The van der Waals surface area contributed by atoms with Crippen LogP contribution in [0.4, 0.5) is 17.1 Å². The van der Waals surface area contributed by atoms with Crippen molar-refractivity contribution in [2.24, 2.45) is 0 Å². The lowest BCUT2D eigenvalue weighted by atomic mass is 9.93. The van der Waals surface area contributed by atoms with E-state index < -0.39 is 0 Å². The van der Waals surface area contributed by atoms with Gasteiger partial charge in [-0.15, -0.1) is 0 Å². The molecular formula is C52H35NO. The van der Waals surface area contributed by atoms with Crippen LogP contribution in [0.15, 0.2) is 217 Å². The van der Waals surface area contributed by atoms with Crippen LogP contribution in [-0.4, -0.2) is 0 Å². The summed E-state index contributed by atoms with van der Waals surface area (Å²) in [5.74, 6) is 0. The topological polar surface area (TPSA) is 16.4 Å². The van der Waals surface area contributed by atoms with Crippen molar-refractivity contribution in [3.8, 4) is 44.5 Å². The molecule has 0 spiro atoms. The van der Waals surface area contributed by atoms with Gasteiger partial charge in [-0.3, -0.25) is 0 Å². The van der Waals surface area contributed by atoms with E-state index >= 15 is 0 Å². The first-order valence-electron chi connectivity index (χ1n) is 18.4. The SMILES string of the molecule is c1ccc(-c2ccc3oc4c(N(c5ccc(-c6cccc7ccccc67)cc5)c5ccc(-c6ccccc6)c(-c6ccccc6)c5)cccc4c3c2)cc1. The van der Waals surface area contributed by atoms with E-state index in [-0.39, 0.29) is 0 Å². The minimum absolute atomic E-state index is 0.851. The van der Waals surface area contributed by atoms with Gasteiger partial charge >= 0.3 is 0 Å². The Morgan fingerprint density at radius 1 is 0.315 bits per heavy atom. The fourth-order valence-electron chi connectivity index (χ4n) is 7.86. The molecule has 0 unspecified atom stereocenters. The summed E-state index contributed by atoms with van der Waals surface area (Å²) in [6.07, 6.45) is 0. The second kappa shape index (κ2) is 13.4. The molecule has 0 N–H and O–H groups in total. The number of nitrogens with zero attached hydrogens (tertiary/aromatic N) is 1. The van der Waals surface area contributed by atoms with Crippen molar-refractivity contribution in [2.75, 3.05) is 4.90 Å². The van der Waals surface area contributed by atoms with E-state index in [9.17, 15) is 0 Å². The van der Waals surface area contributed by atoms with Gasteiger partial charge in [-0.2, -0.15) is 0 Å². The molecule has 0 fully saturated rings. The zero-order valence-corrected chi connectivity index (χ0v) is 29.6. The molecule has 0 aliphatic heterocycles. The lowest BCUT2D eigenvalue weighted by Crippen LogP contribution is -2.10. The fraction of sp³-hybridized carbons (Fsp3) is 0. The van der Waals surface area contributed by atoms with E-state index in [1.165, 1.54) is 55.3 Å². The van der Waals surface area contributed by atoms with E-state index in [1.807, 2.05) is 0 Å². The van der Waals surface area contributed by atoms with Gasteiger partial charge in [0.1, 0.15) is 5.58 Å². The van der Waals surface area contributed by atoms with Crippen LogP contribution in [0, 0.1) is 0 Å². The van der Waals surface area contributed by atoms with Gasteiger partial charge in [0.05, 0.1) is 5.69 Å². The summed E-state index contributed by atoms with van der Waals surface area (Å²) in [5.41, 5.74) is 14.2. The molecule has 0 radical (unpaired) electrons. The average Bonchev–Trinajstić information content (AvgIpc) is 3.63. The zero-order chi connectivity index (χ0) is 35.8. The molecule has 0 amide bonds. The van der Waals surface area contributed by atoms with Crippen molar-refractivity contribution in [3.63, 3.8) is 0 Å². The molecule has 10 rings (SSSR count). The first-order chi connectivity index (χ1) is 26.8. The molecule has 9 aromatic carbocycles. The predicted molar refractivity (Wildman–Crippen MR) is 228 cm³/mol. The Morgan fingerprint density at radius 2 is 0.889 bits per heavy atom. The minimum Gasteiger partial charge on any atom is -0.454 e. The van der Waals surface area contributed by atoms with Crippen LogP contribution in [0.2, 0.25) is 0 Å². The van der Waals surface area contributed by atoms with Crippen LogP contribution in [-0.2, 0) is 0 Å². The monoisotopic (exact) mass is 689 g/mol. The Bertz CT molecular complexity index is 2910. The van der Waals surface area contributed by atoms with Crippen LogP contribution >= 0.6 is 0 Å². The second-order valence-electron chi connectivity index (χ2n) is 13.7. The lowest BCUT2D eigenvalue weighted by molar-refractivity contribution is 0.669. The first kappa shape index (κ1) is 31.6. The smallest absolute Gasteiger partial charge is 0.159 e. The highest BCUT2D eigenvalue weighted by atomic mass is 16.3. The molecule has 0 bridgehead atoms. The van der Waals surface area contributed by atoms with Gasteiger partial charge in [0, 0.05) is 22.1 Å². The number of furan rings is 1. The Labute approximate surface area is 314 Å². The standard InChI is InChI=1S/C52H35NO/c1-4-14-36(15-5-1)41-28-33-51-49(34-41)47-24-13-25-50(52(47)54-51)53(42-29-26-40(27-30-42)45-23-12-21-38-20-10-11-22-44(38)45)43-31-32-46(37-16-6-2-7-17-37)48(35-43)39-18-8-3-9-19-39/h1-35H. The van der Waals surface area contributed by atoms with E-state index in [2.05, 4.69) is 217 Å². The third-order valence-corrected chi connectivity index (χ3v) is 10.5. The van der Waals surface area contributed by atoms with Gasteiger partial charge in [0.2, 0.25) is 0 Å². The number of hydrogen-bond donors (Lipinski definition) is 0. The summed E-state index contributed by atoms with van der Waals surface area (Å²) < 4.78 is 6.81. The van der Waals surface area contributed by atoms with E-state index in [0.29, 0.717) is 0 Å². The Balaban J connectivity index is 1.18. The summed E-state index contributed by atoms with van der Waals surface area (Å²) in [6, 6.07) is 75.8. The van der Waals surface area contributed by atoms with Gasteiger partial charge in [0.15, 0.2) is 5.58 Å². The fourth-order valence-corrected chi connectivity index (χ4v) is 7.86. The molecule has 1 heterocycles. The summed E-state index contributed by atoms with van der Waals surface area (Å²) in [7, 11) is 0. The Hall–Kier alpha value is -7.16.